The predicted molar refractivity (Wildman–Crippen MR) is 75.2 cm³/mol. The number of aromatic nitrogens is 3. The van der Waals surface area contributed by atoms with Crippen LogP contribution in [0.4, 0.5) is 5.82 Å². The Balaban J connectivity index is 2.98. The Bertz CT molecular complexity index is 751. The molecule has 0 saturated heterocycles. The first kappa shape index (κ1) is 14.1. The van der Waals surface area contributed by atoms with Crippen LogP contribution < -0.4 is 11.3 Å². The number of pyridine rings is 1. The van der Waals surface area contributed by atoms with Gasteiger partial charge < -0.3 is 10.8 Å². The van der Waals surface area contributed by atoms with Gasteiger partial charge in [0.05, 0.1) is 18.5 Å². The quantitative estimate of drug-likeness (QED) is 0.837. The van der Waals surface area contributed by atoms with Crippen LogP contribution in [0.25, 0.3) is 11.0 Å². The van der Waals surface area contributed by atoms with Crippen molar-refractivity contribution < 1.29 is 5.11 Å². The van der Waals surface area contributed by atoms with E-state index in [2.05, 4.69) is 5.10 Å². The number of nitrogen functional groups attached to an aromatic ring is 1. The molecule has 0 aliphatic rings. The molecule has 0 saturated carbocycles. The van der Waals surface area contributed by atoms with Crippen LogP contribution in [0.3, 0.4) is 0 Å². The molecule has 0 aromatic carbocycles. The fourth-order valence-corrected chi connectivity index (χ4v) is 2.44. The van der Waals surface area contributed by atoms with E-state index in [4.69, 9.17) is 10.8 Å². The van der Waals surface area contributed by atoms with Gasteiger partial charge in [-0.1, -0.05) is 6.92 Å². The van der Waals surface area contributed by atoms with E-state index in [-0.39, 0.29) is 30.1 Å². The molecule has 0 spiro atoms. The summed E-state index contributed by atoms with van der Waals surface area (Å²) in [5, 5.41) is 23.1. The summed E-state index contributed by atoms with van der Waals surface area (Å²) in [6.45, 7) is 4.26. The van der Waals surface area contributed by atoms with Crippen molar-refractivity contribution in [3.05, 3.63) is 21.5 Å². The SMILES string of the molecule is CCCn1c(=O)c(C#N)c(C)c2c(N)nn(CCO)c21. The van der Waals surface area contributed by atoms with E-state index in [1.807, 2.05) is 13.0 Å². The molecule has 0 aliphatic heterocycles. The average Bonchev–Trinajstić information content (AvgIpc) is 2.73. The molecular weight excluding hydrogens is 258 g/mol. The van der Waals surface area contributed by atoms with Crippen LogP contribution in [0.1, 0.15) is 24.5 Å². The third-order valence-electron chi connectivity index (χ3n) is 3.29. The fourth-order valence-electron chi connectivity index (χ4n) is 2.44. The van der Waals surface area contributed by atoms with Gasteiger partial charge in [0, 0.05) is 6.54 Å². The van der Waals surface area contributed by atoms with Crippen molar-refractivity contribution in [2.75, 3.05) is 12.3 Å². The van der Waals surface area contributed by atoms with Gasteiger partial charge in [-0.05, 0) is 18.9 Å². The van der Waals surface area contributed by atoms with Gasteiger partial charge in [-0.15, -0.1) is 0 Å². The predicted octanol–water partition coefficient (Wildman–Crippen LogP) is 0.363. The van der Waals surface area contributed by atoms with Gasteiger partial charge in [0.2, 0.25) is 0 Å². The Hall–Kier alpha value is -2.33. The maximum absolute atomic E-state index is 12.4. The first-order valence-corrected chi connectivity index (χ1v) is 6.47. The number of hydrogen-bond acceptors (Lipinski definition) is 5. The number of nitriles is 1. The number of anilines is 1. The highest BCUT2D eigenvalue weighted by Crippen LogP contribution is 2.25. The fraction of sp³-hybridized carbons (Fsp3) is 0.462. The molecule has 7 heteroatoms. The van der Waals surface area contributed by atoms with Gasteiger partial charge in [-0.2, -0.15) is 10.4 Å². The van der Waals surface area contributed by atoms with Crippen molar-refractivity contribution in [3.63, 3.8) is 0 Å². The standard InChI is InChI=1S/C13H17N5O2/c1-3-4-17-12-10(8(2)9(7-14)13(17)20)11(15)16-18(12)5-6-19/h19H,3-6H2,1-2H3,(H2,15,16). The van der Waals surface area contributed by atoms with Crippen molar-refractivity contribution in [1.29, 1.82) is 5.26 Å². The summed E-state index contributed by atoms with van der Waals surface area (Å²) in [5.74, 6) is 0.271. The highest BCUT2D eigenvalue weighted by molar-refractivity contribution is 5.91. The van der Waals surface area contributed by atoms with Crippen LogP contribution in [-0.2, 0) is 13.1 Å². The van der Waals surface area contributed by atoms with Gasteiger partial charge in [0.15, 0.2) is 5.82 Å². The number of fused-ring (bicyclic) bond motifs is 1. The topological polar surface area (TPSA) is 110 Å². The Kier molecular flexibility index (Phi) is 3.77. The van der Waals surface area contributed by atoms with Crippen molar-refractivity contribution in [2.24, 2.45) is 0 Å². The lowest BCUT2D eigenvalue weighted by Gasteiger charge is -2.11. The van der Waals surface area contributed by atoms with Gasteiger partial charge >= 0.3 is 0 Å². The van der Waals surface area contributed by atoms with Crippen molar-refractivity contribution in [2.45, 2.75) is 33.4 Å². The number of rotatable bonds is 4. The smallest absolute Gasteiger partial charge is 0.270 e. The first-order chi connectivity index (χ1) is 9.56. The molecule has 0 aliphatic carbocycles. The molecule has 2 rings (SSSR count). The lowest BCUT2D eigenvalue weighted by molar-refractivity contribution is 0.271. The third-order valence-corrected chi connectivity index (χ3v) is 3.29. The largest absolute Gasteiger partial charge is 0.394 e. The molecule has 0 unspecified atom stereocenters. The molecule has 0 bridgehead atoms. The van der Waals surface area contributed by atoms with E-state index >= 15 is 0 Å². The number of nitrogens with zero attached hydrogens (tertiary/aromatic N) is 4. The molecule has 3 N–H and O–H groups in total. The number of nitrogens with two attached hydrogens (primary N) is 1. The molecule has 0 amide bonds. The summed E-state index contributed by atoms with van der Waals surface area (Å²) < 4.78 is 3.04. The van der Waals surface area contributed by atoms with Crippen LogP contribution in [0, 0.1) is 18.3 Å². The average molecular weight is 275 g/mol. The molecule has 106 valence electrons. The second kappa shape index (κ2) is 5.35. The Morgan fingerprint density at radius 1 is 1.45 bits per heavy atom. The highest BCUT2D eigenvalue weighted by atomic mass is 16.3. The van der Waals surface area contributed by atoms with E-state index in [0.29, 0.717) is 23.1 Å². The second-order valence-corrected chi connectivity index (χ2v) is 4.60. The molecule has 0 fully saturated rings. The monoisotopic (exact) mass is 275 g/mol. The molecule has 0 radical (unpaired) electrons. The molecule has 0 atom stereocenters. The van der Waals surface area contributed by atoms with Gasteiger partial charge in [-0.25, -0.2) is 4.68 Å². The molecule has 20 heavy (non-hydrogen) atoms. The van der Waals surface area contributed by atoms with E-state index in [1.54, 1.807) is 6.92 Å². The number of aliphatic hydroxyl groups is 1. The summed E-state index contributed by atoms with van der Waals surface area (Å²) in [7, 11) is 0. The summed E-state index contributed by atoms with van der Waals surface area (Å²) in [6.07, 6.45) is 0.743. The number of aliphatic hydroxyl groups excluding tert-OH is 1. The van der Waals surface area contributed by atoms with Crippen molar-refractivity contribution >= 4 is 16.9 Å². The lowest BCUT2D eigenvalue weighted by Crippen LogP contribution is -2.26. The van der Waals surface area contributed by atoms with E-state index in [1.165, 1.54) is 9.25 Å². The molecule has 2 heterocycles. The van der Waals surface area contributed by atoms with Crippen LogP contribution in [-0.4, -0.2) is 26.1 Å². The minimum atomic E-state index is -0.335. The number of hydrogen-bond donors (Lipinski definition) is 2. The van der Waals surface area contributed by atoms with Crippen LogP contribution in [0.2, 0.25) is 0 Å². The summed E-state index contributed by atoms with van der Waals surface area (Å²) >= 11 is 0. The summed E-state index contributed by atoms with van der Waals surface area (Å²) in [5.41, 5.74) is 6.78. The van der Waals surface area contributed by atoms with Crippen molar-refractivity contribution in [3.8, 4) is 6.07 Å². The molecular formula is C13H17N5O2. The molecule has 2 aromatic rings. The molecule has 2 aromatic heterocycles. The summed E-state index contributed by atoms with van der Waals surface area (Å²) in [6, 6.07) is 1.95. The van der Waals surface area contributed by atoms with Crippen LogP contribution in [0.15, 0.2) is 4.79 Å². The Morgan fingerprint density at radius 2 is 2.15 bits per heavy atom. The highest BCUT2D eigenvalue weighted by Gasteiger charge is 2.20. The third kappa shape index (κ3) is 1.94. The zero-order chi connectivity index (χ0) is 14.9. The lowest BCUT2D eigenvalue weighted by atomic mass is 10.1. The maximum atomic E-state index is 12.4. The Morgan fingerprint density at radius 3 is 2.70 bits per heavy atom. The van der Waals surface area contributed by atoms with E-state index in [0.717, 1.165) is 6.42 Å². The second-order valence-electron chi connectivity index (χ2n) is 4.60. The normalized spacial score (nSPS) is 10.9. The first-order valence-electron chi connectivity index (χ1n) is 6.47. The zero-order valence-corrected chi connectivity index (χ0v) is 11.6. The van der Waals surface area contributed by atoms with Crippen LogP contribution in [0.5, 0.6) is 0 Å². The van der Waals surface area contributed by atoms with Gasteiger partial charge in [0.1, 0.15) is 17.3 Å². The van der Waals surface area contributed by atoms with E-state index in [9.17, 15) is 10.1 Å². The minimum Gasteiger partial charge on any atom is -0.394 e. The Labute approximate surface area is 115 Å². The van der Waals surface area contributed by atoms with E-state index < -0.39 is 0 Å². The van der Waals surface area contributed by atoms with Crippen molar-refractivity contribution in [1.82, 2.24) is 14.3 Å². The maximum Gasteiger partial charge on any atom is 0.270 e. The van der Waals surface area contributed by atoms with Gasteiger partial charge in [-0.3, -0.25) is 9.36 Å². The van der Waals surface area contributed by atoms with Gasteiger partial charge in [0.25, 0.3) is 5.56 Å². The van der Waals surface area contributed by atoms with Crippen LogP contribution >= 0.6 is 0 Å². The zero-order valence-electron chi connectivity index (χ0n) is 11.6. The number of aryl methyl sites for hydroxylation is 2. The summed E-state index contributed by atoms with van der Waals surface area (Å²) in [4.78, 5) is 12.4. The minimum absolute atomic E-state index is 0.0983. The molecule has 7 nitrogen and oxygen atoms in total.